The summed E-state index contributed by atoms with van der Waals surface area (Å²) in [4.78, 5) is 8.01. The molecule has 7 heteroatoms. The Labute approximate surface area is 120 Å². The second-order valence-electron chi connectivity index (χ2n) is 4.50. The fourth-order valence-electron chi connectivity index (χ4n) is 1.90. The van der Waals surface area contributed by atoms with Crippen LogP contribution in [0.3, 0.4) is 0 Å². The molecule has 5 nitrogen and oxygen atoms in total. The number of halogens is 2. The third-order valence-electron chi connectivity index (χ3n) is 3.01. The Balaban J connectivity index is 2.57. The summed E-state index contributed by atoms with van der Waals surface area (Å²) in [5, 5.41) is 10.6. The monoisotopic (exact) mass is 296 g/mol. The van der Waals surface area contributed by atoms with Gasteiger partial charge in [0.2, 0.25) is 11.8 Å². The van der Waals surface area contributed by atoms with Crippen molar-refractivity contribution >= 4 is 0 Å². The van der Waals surface area contributed by atoms with Crippen LogP contribution in [0, 0.1) is 11.6 Å². The lowest BCUT2D eigenvalue weighted by atomic mass is 9.92. The third-order valence-corrected chi connectivity index (χ3v) is 3.01. The predicted molar refractivity (Wildman–Crippen MR) is 70.2 cm³/mol. The molecule has 1 unspecified atom stereocenters. The average molecular weight is 296 g/mol. The van der Waals surface area contributed by atoms with Crippen molar-refractivity contribution in [2.24, 2.45) is 0 Å². The van der Waals surface area contributed by atoms with Gasteiger partial charge in [-0.1, -0.05) is 0 Å². The molecule has 0 radical (unpaired) electrons. The molecule has 0 amide bonds. The molecule has 0 aliphatic rings. The van der Waals surface area contributed by atoms with E-state index in [1.54, 1.807) is 0 Å². The van der Waals surface area contributed by atoms with E-state index in [4.69, 9.17) is 9.47 Å². The maximum Gasteiger partial charge on any atom is 0.242 e. The van der Waals surface area contributed by atoms with E-state index in [-0.39, 0.29) is 23.0 Å². The molecule has 0 fully saturated rings. The van der Waals surface area contributed by atoms with Crippen LogP contribution in [0.5, 0.6) is 11.8 Å². The van der Waals surface area contributed by atoms with Gasteiger partial charge in [-0.3, -0.25) is 0 Å². The molecule has 0 saturated carbocycles. The molecule has 1 atom stereocenters. The number of nitrogens with zero attached hydrogens (tertiary/aromatic N) is 2. The predicted octanol–water partition coefficient (Wildman–Crippen LogP) is 2.03. The van der Waals surface area contributed by atoms with Crippen LogP contribution < -0.4 is 9.47 Å². The smallest absolute Gasteiger partial charge is 0.242 e. The zero-order valence-electron chi connectivity index (χ0n) is 11.7. The zero-order chi connectivity index (χ0) is 15.6. The molecule has 0 aliphatic carbocycles. The number of methoxy groups -OCH3 is 2. The van der Waals surface area contributed by atoms with Crippen LogP contribution in [0.25, 0.3) is 0 Å². The van der Waals surface area contributed by atoms with Crippen LogP contribution in [0.15, 0.2) is 24.4 Å². The van der Waals surface area contributed by atoms with Crippen molar-refractivity contribution in [2.45, 2.75) is 12.5 Å². The highest BCUT2D eigenvalue weighted by Crippen LogP contribution is 2.34. The molecule has 0 saturated heterocycles. The summed E-state index contributed by atoms with van der Waals surface area (Å²) in [6.07, 6.45) is 1.28. The van der Waals surface area contributed by atoms with Gasteiger partial charge in [0.25, 0.3) is 0 Å². The summed E-state index contributed by atoms with van der Waals surface area (Å²) >= 11 is 0. The van der Waals surface area contributed by atoms with E-state index < -0.39 is 17.2 Å². The van der Waals surface area contributed by atoms with Crippen molar-refractivity contribution in [1.29, 1.82) is 0 Å². The topological polar surface area (TPSA) is 64.5 Å². The van der Waals surface area contributed by atoms with Gasteiger partial charge >= 0.3 is 0 Å². The first-order valence-electron chi connectivity index (χ1n) is 6.03. The van der Waals surface area contributed by atoms with Gasteiger partial charge in [0.15, 0.2) is 0 Å². The van der Waals surface area contributed by atoms with Crippen LogP contribution in [0.4, 0.5) is 8.78 Å². The SMILES string of the molecule is COc1cnc(C(C)(O)c2cc(F)cc(F)c2)c(OC)n1. The Morgan fingerprint density at radius 2 is 1.71 bits per heavy atom. The van der Waals surface area contributed by atoms with Gasteiger partial charge in [0.05, 0.1) is 20.4 Å². The Morgan fingerprint density at radius 3 is 2.24 bits per heavy atom. The average Bonchev–Trinajstić information content (AvgIpc) is 2.45. The lowest BCUT2D eigenvalue weighted by Gasteiger charge is -2.24. The molecule has 0 spiro atoms. The normalized spacial score (nSPS) is 13.6. The minimum absolute atomic E-state index is 0.00207. The molecule has 2 aromatic rings. The van der Waals surface area contributed by atoms with Crippen molar-refractivity contribution in [3.63, 3.8) is 0 Å². The lowest BCUT2D eigenvalue weighted by Crippen LogP contribution is -2.26. The second-order valence-corrected chi connectivity index (χ2v) is 4.50. The van der Waals surface area contributed by atoms with E-state index in [2.05, 4.69) is 9.97 Å². The number of aliphatic hydroxyl groups is 1. The Bertz CT molecular complexity index is 642. The highest BCUT2D eigenvalue weighted by atomic mass is 19.1. The molecular formula is C14H14F2N2O3. The van der Waals surface area contributed by atoms with Gasteiger partial charge in [-0.25, -0.2) is 13.8 Å². The van der Waals surface area contributed by atoms with Gasteiger partial charge in [0, 0.05) is 6.07 Å². The fourth-order valence-corrected chi connectivity index (χ4v) is 1.90. The summed E-state index contributed by atoms with van der Waals surface area (Å²) in [5.41, 5.74) is -1.76. The number of hydrogen-bond acceptors (Lipinski definition) is 5. The molecule has 1 N–H and O–H groups in total. The van der Waals surface area contributed by atoms with E-state index in [0.29, 0.717) is 0 Å². The van der Waals surface area contributed by atoms with Crippen molar-refractivity contribution in [3.05, 3.63) is 47.3 Å². The Morgan fingerprint density at radius 1 is 1.10 bits per heavy atom. The van der Waals surface area contributed by atoms with Gasteiger partial charge in [0.1, 0.15) is 22.9 Å². The quantitative estimate of drug-likeness (QED) is 0.935. The Kier molecular flexibility index (Phi) is 4.04. The number of rotatable bonds is 4. The van der Waals surface area contributed by atoms with Gasteiger partial charge in [-0.15, -0.1) is 0 Å². The maximum absolute atomic E-state index is 13.3. The van der Waals surface area contributed by atoms with Crippen molar-refractivity contribution in [3.8, 4) is 11.8 Å². The summed E-state index contributed by atoms with van der Waals surface area (Å²) in [7, 11) is 2.75. The lowest BCUT2D eigenvalue weighted by molar-refractivity contribution is 0.0919. The minimum atomic E-state index is -1.78. The minimum Gasteiger partial charge on any atom is -0.480 e. The first-order chi connectivity index (χ1) is 9.88. The highest BCUT2D eigenvalue weighted by Gasteiger charge is 2.33. The van der Waals surface area contributed by atoms with Crippen LogP contribution >= 0.6 is 0 Å². The van der Waals surface area contributed by atoms with E-state index in [0.717, 1.165) is 18.2 Å². The third kappa shape index (κ3) is 2.92. The second kappa shape index (κ2) is 5.61. The van der Waals surface area contributed by atoms with E-state index in [1.165, 1.54) is 27.3 Å². The summed E-state index contributed by atoms with van der Waals surface area (Å²) < 4.78 is 36.6. The van der Waals surface area contributed by atoms with E-state index >= 15 is 0 Å². The standard InChI is InChI=1S/C14H14F2N2O3/c1-14(19,8-4-9(15)6-10(16)5-8)12-13(21-3)18-11(20-2)7-17-12/h4-7,19H,1-3H3. The Hall–Kier alpha value is -2.28. The molecule has 0 bridgehead atoms. The number of hydrogen-bond donors (Lipinski definition) is 1. The molecule has 1 aromatic heterocycles. The van der Waals surface area contributed by atoms with Crippen LogP contribution in [-0.4, -0.2) is 29.3 Å². The van der Waals surface area contributed by atoms with Crippen molar-refractivity contribution < 1.29 is 23.4 Å². The number of aromatic nitrogens is 2. The number of ether oxygens (including phenoxy) is 2. The molecule has 1 aromatic carbocycles. The fraction of sp³-hybridized carbons (Fsp3) is 0.286. The van der Waals surface area contributed by atoms with E-state index in [1.807, 2.05) is 0 Å². The molecule has 1 heterocycles. The first kappa shape index (κ1) is 15.1. The van der Waals surface area contributed by atoms with Crippen LogP contribution in [0.1, 0.15) is 18.2 Å². The van der Waals surface area contributed by atoms with Crippen molar-refractivity contribution in [1.82, 2.24) is 9.97 Å². The summed E-state index contributed by atoms with van der Waals surface area (Å²) in [6, 6.07) is 2.76. The van der Waals surface area contributed by atoms with Crippen LogP contribution in [-0.2, 0) is 5.60 Å². The molecular weight excluding hydrogens is 282 g/mol. The first-order valence-corrected chi connectivity index (χ1v) is 6.03. The molecule has 0 aliphatic heterocycles. The van der Waals surface area contributed by atoms with Gasteiger partial charge < -0.3 is 14.6 Å². The zero-order valence-corrected chi connectivity index (χ0v) is 11.7. The summed E-state index contributed by atoms with van der Waals surface area (Å²) in [5.74, 6) is -1.41. The summed E-state index contributed by atoms with van der Waals surface area (Å²) in [6.45, 7) is 1.35. The maximum atomic E-state index is 13.3. The largest absolute Gasteiger partial charge is 0.480 e. The van der Waals surface area contributed by atoms with Crippen LogP contribution in [0.2, 0.25) is 0 Å². The van der Waals surface area contributed by atoms with Crippen molar-refractivity contribution in [2.75, 3.05) is 14.2 Å². The number of benzene rings is 1. The highest BCUT2D eigenvalue weighted by molar-refractivity contribution is 5.37. The van der Waals surface area contributed by atoms with E-state index in [9.17, 15) is 13.9 Å². The molecule has 112 valence electrons. The molecule has 2 rings (SSSR count). The molecule has 21 heavy (non-hydrogen) atoms. The van der Waals surface area contributed by atoms with Gasteiger partial charge in [-0.05, 0) is 24.6 Å². The van der Waals surface area contributed by atoms with Gasteiger partial charge in [-0.2, -0.15) is 4.98 Å².